The Morgan fingerprint density at radius 1 is 1.29 bits per heavy atom. The lowest BCUT2D eigenvalue weighted by Crippen LogP contribution is -2.38. The van der Waals surface area contributed by atoms with Gasteiger partial charge in [0.1, 0.15) is 0 Å². The largest absolute Gasteiger partial charge is 0.394 e. The molecule has 0 aromatic heterocycles. The maximum absolute atomic E-state index is 9.32. The fraction of sp³-hybridized carbons (Fsp3) is 1.00. The highest BCUT2D eigenvalue weighted by atomic mass is 16.5. The van der Waals surface area contributed by atoms with Crippen molar-refractivity contribution >= 4 is 0 Å². The standard InChI is InChI=1S/C10H22O4/c1-8(9(2)13)6-10(3,7-12)14-5-4-11/h8-9,11-13H,4-7H2,1-3H3. The maximum Gasteiger partial charge on any atom is 0.0888 e. The molecule has 14 heavy (non-hydrogen) atoms. The molecule has 0 rings (SSSR count). The van der Waals surface area contributed by atoms with Gasteiger partial charge in [0.2, 0.25) is 0 Å². The second kappa shape index (κ2) is 6.35. The SMILES string of the molecule is CC(O)C(C)CC(C)(CO)OCCO. The smallest absolute Gasteiger partial charge is 0.0888 e. The quantitative estimate of drug-likeness (QED) is 0.554. The predicted molar refractivity (Wildman–Crippen MR) is 54.0 cm³/mol. The molecule has 0 aromatic rings. The van der Waals surface area contributed by atoms with Gasteiger partial charge in [0, 0.05) is 0 Å². The van der Waals surface area contributed by atoms with Crippen molar-refractivity contribution in [2.75, 3.05) is 19.8 Å². The number of hydrogen-bond acceptors (Lipinski definition) is 4. The van der Waals surface area contributed by atoms with Crippen molar-refractivity contribution in [2.24, 2.45) is 5.92 Å². The van der Waals surface area contributed by atoms with Crippen molar-refractivity contribution in [3.63, 3.8) is 0 Å². The molecule has 86 valence electrons. The van der Waals surface area contributed by atoms with Gasteiger partial charge in [-0.2, -0.15) is 0 Å². The lowest BCUT2D eigenvalue weighted by molar-refractivity contribution is -0.0954. The molecule has 3 N–H and O–H groups in total. The van der Waals surface area contributed by atoms with Crippen LogP contribution in [0.3, 0.4) is 0 Å². The second-order valence-corrected chi connectivity index (χ2v) is 4.10. The molecule has 0 heterocycles. The van der Waals surface area contributed by atoms with Gasteiger partial charge in [0.25, 0.3) is 0 Å². The normalized spacial score (nSPS) is 20.1. The zero-order valence-electron chi connectivity index (χ0n) is 9.23. The third kappa shape index (κ3) is 4.91. The first-order valence-corrected chi connectivity index (χ1v) is 4.99. The van der Waals surface area contributed by atoms with E-state index in [4.69, 9.17) is 14.9 Å². The first-order chi connectivity index (χ1) is 6.45. The van der Waals surface area contributed by atoms with Crippen LogP contribution in [0.5, 0.6) is 0 Å². The number of hydrogen-bond donors (Lipinski definition) is 3. The Labute approximate surface area is 85.5 Å². The van der Waals surface area contributed by atoms with Crippen LogP contribution in [0, 0.1) is 5.92 Å². The molecule has 0 aromatic carbocycles. The van der Waals surface area contributed by atoms with E-state index >= 15 is 0 Å². The highest BCUT2D eigenvalue weighted by Crippen LogP contribution is 2.22. The molecular formula is C10H22O4. The van der Waals surface area contributed by atoms with E-state index in [0.29, 0.717) is 6.42 Å². The van der Waals surface area contributed by atoms with Crippen LogP contribution >= 0.6 is 0 Å². The van der Waals surface area contributed by atoms with Gasteiger partial charge in [-0.1, -0.05) is 6.92 Å². The minimum absolute atomic E-state index is 0.0569. The molecular weight excluding hydrogens is 184 g/mol. The molecule has 4 nitrogen and oxygen atoms in total. The van der Waals surface area contributed by atoms with Crippen LogP contribution in [0.15, 0.2) is 0 Å². The fourth-order valence-electron chi connectivity index (χ4n) is 1.31. The van der Waals surface area contributed by atoms with E-state index in [1.54, 1.807) is 13.8 Å². The summed E-state index contributed by atoms with van der Waals surface area (Å²) >= 11 is 0. The lowest BCUT2D eigenvalue weighted by Gasteiger charge is -2.31. The van der Waals surface area contributed by atoms with Gasteiger partial charge in [-0.15, -0.1) is 0 Å². The van der Waals surface area contributed by atoms with E-state index in [9.17, 15) is 5.11 Å². The molecule has 0 radical (unpaired) electrons. The Balaban J connectivity index is 4.09. The molecule has 0 fully saturated rings. The van der Waals surface area contributed by atoms with E-state index in [-0.39, 0.29) is 25.7 Å². The van der Waals surface area contributed by atoms with Gasteiger partial charge in [0.05, 0.1) is 31.5 Å². The summed E-state index contributed by atoms with van der Waals surface area (Å²) in [6.07, 6.45) is 0.153. The molecule has 3 unspecified atom stereocenters. The number of rotatable bonds is 7. The van der Waals surface area contributed by atoms with E-state index < -0.39 is 11.7 Å². The monoisotopic (exact) mass is 206 g/mol. The molecule has 0 spiro atoms. The Bertz CT molecular complexity index is 149. The van der Waals surface area contributed by atoms with Gasteiger partial charge in [-0.3, -0.25) is 0 Å². The Morgan fingerprint density at radius 2 is 1.86 bits per heavy atom. The van der Waals surface area contributed by atoms with Crippen molar-refractivity contribution in [2.45, 2.75) is 38.9 Å². The van der Waals surface area contributed by atoms with E-state index in [1.165, 1.54) is 0 Å². The number of aliphatic hydroxyl groups excluding tert-OH is 3. The summed E-state index contributed by atoms with van der Waals surface area (Å²) in [6, 6.07) is 0. The third-order valence-electron chi connectivity index (χ3n) is 2.45. The highest BCUT2D eigenvalue weighted by Gasteiger charge is 2.28. The second-order valence-electron chi connectivity index (χ2n) is 4.10. The van der Waals surface area contributed by atoms with Gasteiger partial charge in [0.15, 0.2) is 0 Å². The maximum atomic E-state index is 9.32. The topological polar surface area (TPSA) is 69.9 Å². The highest BCUT2D eigenvalue weighted by molar-refractivity contribution is 4.78. The van der Waals surface area contributed by atoms with Crippen LogP contribution in [0.1, 0.15) is 27.2 Å². The Kier molecular flexibility index (Phi) is 6.27. The summed E-state index contributed by atoms with van der Waals surface area (Å²) in [5.41, 5.74) is -0.668. The van der Waals surface area contributed by atoms with Crippen LogP contribution in [-0.4, -0.2) is 46.8 Å². The molecule has 0 amide bonds. The average molecular weight is 206 g/mol. The van der Waals surface area contributed by atoms with Crippen molar-refractivity contribution < 1.29 is 20.1 Å². The summed E-state index contributed by atoms with van der Waals surface area (Å²) in [5, 5.41) is 27.1. The molecule has 0 aliphatic rings. The van der Waals surface area contributed by atoms with Crippen molar-refractivity contribution in [1.82, 2.24) is 0 Å². The van der Waals surface area contributed by atoms with Crippen LogP contribution in [0.4, 0.5) is 0 Å². The van der Waals surface area contributed by atoms with E-state index in [1.807, 2.05) is 6.92 Å². The van der Waals surface area contributed by atoms with E-state index in [0.717, 1.165) is 0 Å². The fourth-order valence-corrected chi connectivity index (χ4v) is 1.31. The Morgan fingerprint density at radius 3 is 2.21 bits per heavy atom. The molecule has 0 aliphatic heterocycles. The van der Waals surface area contributed by atoms with Crippen LogP contribution < -0.4 is 0 Å². The number of aliphatic hydroxyl groups is 3. The minimum Gasteiger partial charge on any atom is -0.394 e. The molecule has 3 atom stereocenters. The summed E-state index contributed by atoms with van der Waals surface area (Å²) < 4.78 is 5.34. The number of ether oxygens (including phenoxy) is 1. The van der Waals surface area contributed by atoms with Gasteiger partial charge >= 0.3 is 0 Å². The van der Waals surface area contributed by atoms with Crippen molar-refractivity contribution in [1.29, 1.82) is 0 Å². The van der Waals surface area contributed by atoms with Crippen LogP contribution in [0.2, 0.25) is 0 Å². The van der Waals surface area contributed by atoms with Crippen LogP contribution in [-0.2, 0) is 4.74 Å². The molecule has 0 aliphatic carbocycles. The van der Waals surface area contributed by atoms with Gasteiger partial charge < -0.3 is 20.1 Å². The predicted octanol–water partition coefficient (Wildman–Crippen LogP) is 0.153. The molecule has 0 saturated carbocycles. The summed E-state index contributed by atoms with van der Waals surface area (Å²) in [6.45, 7) is 5.45. The zero-order chi connectivity index (χ0) is 11.2. The molecule has 0 bridgehead atoms. The van der Waals surface area contributed by atoms with Gasteiger partial charge in [-0.25, -0.2) is 0 Å². The molecule has 0 saturated heterocycles. The van der Waals surface area contributed by atoms with Gasteiger partial charge in [-0.05, 0) is 26.2 Å². The summed E-state index contributed by atoms with van der Waals surface area (Å²) in [5.74, 6) is 0.0610. The summed E-state index contributed by atoms with van der Waals surface area (Å²) in [4.78, 5) is 0. The first kappa shape index (κ1) is 13.8. The zero-order valence-corrected chi connectivity index (χ0v) is 9.23. The van der Waals surface area contributed by atoms with Crippen molar-refractivity contribution in [3.05, 3.63) is 0 Å². The van der Waals surface area contributed by atoms with Crippen molar-refractivity contribution in [3.8, 4) is 0 Å². The summed E-state index contributed by atoms with van der Waals surface area (Å²) in [7, 11) is 0. The average Bonchev–Trinajstić information content (AvgIpc) is 2.14. The lowest BCUT2D eigenvalue weighted by atomic mass is 9.90. The Hall–Kier alpha value is -0.160. The first-order valence-electron chi connectivity index (χ1n) is 4.99. The molecule has 4 heteroatoms. The van der Waals surface area contributed by atoms with Crippen LogP contribution in [0.25, 0.3) is 0 Å². The third-order valence-corrected chi connectivity index (χ3v) is 2.45. The minimum atomic E-state index is -0.668. The van der Waals surface area contributed by atoms with E-state index in [2.05, 4.69) is 0 Å².